The van der Waals surface area contributed by atoms with Crippen LogP contribution >= 0.6 is 15.9 Å². The molecule has 0 aliphatic rings. The minimum atomic E-state index is 0.0723. The predicted octanol–water partition coefficient (Wildman–Crippen LogP) is 7.12. The molecular formula is C17H32BrNO. The lowest BCUT2D eigenvalue weighted by Gasteiger charge is -2.06. The molecule has 0 rings (SSSR count). The van der Waals surface area contributed by atoms with Crippen LogP contribution < -0.4 is 0 Å². The van der Waals surface area contributed by atoms with E-state index >= 15 is 0 Å². The van der Waals surface area contributed by atoms with Crippen LogP contribution in [0.5, 0.6) is 0 Å². The fourth-order valence-corrected chi connectivity index (χ4v) is 2.80. The van der Waals surface area contributed by atoms with Gasteiger partial charge < -0.3 is 0 Å². The molecule has 0 bridgehead atoms. The molecule has 0 aromatic rings. The van der Waals surface area contributed by atoms with E-state index in [1.54, 1.807) is 0 Å². The Morgan fingerprint density at radius 2 is 1.30 bits per heavy atom. The second-order valence-corrected chi connectivity index (χ2v) is 6.83. The fourth-order valence-electron chi connectivity index (χ4n) is 2.39. The van der Waals surface area contributed by atoms with Gasteiger partial charge in [0.2, 0.25) is 0 Å². The largest absolute Gasteiger partial charge is 0.145 e. The molecule has 0 heterocycles. The highest BCUT2D eigenvalue weighted by molar-refractivity contribution is 9.09. The van der Waals surface area contributed by atoms with Crippen LogP contribution in [0.1, 0.15) is 90.4 Å². The first-order valence-corrected chi connectivity index (χ1v) is 9.30. The number of hydrogen-bond acceptors (Lipinski definition) is 2. The maximum Gasteiger partial charge on any atom is 0.0913 e. The van der Waals surface area contributed by atoms with Gasteiger partial charge in [0.15, 0.2) is 0 Å². The van der Waals surface area contributed by atoms with Crippen molar-refractivity contribution in [2.75, 3.05) is 0 Å². The summed E-state index contributed by atoms with van der Waals surface area (Å²) < 4.78 is 0. The second kappa shape index (κ2) is 15.2. The molecule has 2 nitrogen and oxygen atoms in total. The van der Waals surface area contributed by atoms with Gasteiger partial charge in [-0.05, 0) is 11.6 Å². The highest BCUT2D eigenvalue weighted by atomic mass is 79.9. The summed E-state index contributed by atoms with van der Waals surface area (Å²) in [7, 11) is 0. The van der Waals surface area contributed by atoms with Crippen LogP contribution in [-0.4, -0.2) is 4.83 Å². The quantitative estimate of drug-likeness (QED) is 0.176. The van der Waals surface area contributed by atoms with Crippen molar-refractivity contribution in [1.29, 1.82) is 0 Å². The fraction of sp³-hybridized carbons (Fsp3) is 0.882. The van der Waals surface area contributed by atoms with E-state index < -0.39 is 0 Å². The lowest BCUT2D eigenvalue weighted by molar-refractivity contribution is 0.540. The van der Waals surface area contributed by atoms with Gasteiger partial charge in [-0.2, -0.15) is 0 Å². The average Bonchev–Trinajstić information content (AvgIpc) is 2.47. The Bertz CT molecular complexity index is 243. The third-order valence-electron chi connectivity index (χ3n) is 3.79. The number of rotatable bonds is 15. The zero-order valence-electron chi connectivity index (χ0n) is 13.2. The van der Waals surface area contributed by atoms with Crippen molar-refractivity contribution in [3.8, 4) is 0 Å². The van der Waals surface area contributed by atoms with Crippen molar-refractivity contribution < 1.29 is 0 Å². The van der Waals surface area contributed by atoms with Crippen molar-refractivity contribution in [3.63, 3.8) is 0 Å². The summed E-state index contributed by atoms with van der Waals surface area (Å²) in [5.74, 6) is 0. The molecule has 1 unspecified atom stereocenters. The molecule has 0 spiro atoms. The van der Waals surface area contributed by atoms with Crippen LogP contribution in [0, 0.1) is 4.91 Å². The van der Waals surface area contributed by atoms with Gasteiger partial charge in [0.05, 0.1) is 10.5 Å². The van der Waals surface area contributed by atoms with Crippen molar-refractivity contribution in [1.82, 2.24) is 0 Å². The molecular weight excluding hydrogens is 314 g/mol. The standard InChI is InChI=1S/C17H32BrNO/c1-3-4-5-6-7-8-9-10-11-12-13-14-15-17(18)16(2)19-20/h17H,2-15H2,1H3. The van der Waals surface area contributed by atoms with Crippen molar-refractivity contribution >= 4 is 15.9 Å². The van der Waals surface area contributed by atoms with E-state index in [2.05, 4.69) is 34.6 Å². The third kappa shape index (κ3) is 12.8. The summed E-state index contributed by atoms with van der Waals surface area (Å²) in [6.45, 7) is 5.89. The van der Waals surface area contributed by atoms with Crippen LogP contribution in [0.3, 0.4) is 0 Å². The molecule has 0 aromatic carbocycles. The zero-order chi connectivity index (χ0) is 15.1. The molecule has 0 aromatic heterocycles. The summed E-state index contributed by atoms with van der Waals surface area (Å²) in [5, 5.41) is 2.87. The Morgan fingerprint density at radius 3 is 1.70 bits per heavy atom. The lowest BCUT2D eigenvalue weighted by atomic mass is 10.0. The van der Waals surface area contributed by atoms with Crippen molar-refractivity contribution in [2.45, 2.75) is 95.2 Å². The van der Waals surface area contributed by atoms with Crippen molar-refractivity contribution in [3.05, 3.63) is 17.2 Å². The van der Waals surface area contributed by atoms with Crippen LogP contribution in [0.15, 0.2) is 17.5 Å². The number of halogens is 1. The van der Waals surface area contributed by atoms with Gasteiger partial charge >= 0.3 is 0 Å². The minimum absolute atomic E-state index is 0.0723. The smallest absolute Gasteiger partial charge is 0.0913 e. The second-order valence-electron chi connectivity index (χ2n) is 5.73. The predicted molar refractivity (Wildman–Crippen MR) is 93.3 cm³/mol. The Hall–Kier alpha value is -0.180. The van der Waals surface area contributed by atoms with E-state index in [0.29, 0.717) is 5.70 Å². The zero-order valence-corrected chi connectivity index (χ0v) is 14.8. The Morgan fingerprint density at radius 1 is 0.900 bits per heavy atom. The van der Waals surface area contributed by atoms with Gasteiger partial charge in [-0.1, -0.05) is 106 Å². The molecule has 0 radical (unpaired) electrons. The summed E-state index contributed by atoms with van der Waals surface area (Å²) in [5.41, 5.74) is 0.424. The molecule has 0 aliphatic heterocycles. The number of nitrogens with zero attached hydrogens (tertiary/aromatic N) is 1. The number of allylic oxidation sites excluding steroid dienone is 1. The highest BCUT2D eigenvalue weighted by Gasteiger charge is 2.07. The van der Waals surface area contributed by atoms with Gasteiger partial charge in [0.25, 0.3) is 0 Å². The van der Waals surface area contributed by atoms with E-state index in [4.69, 9.17) is 0 Å². The average molecular weight is 346 g/mol. The summed E-state index contributed by atoms with van der Waals surface area (Å²) >= 11 is 3.44. The maximum absolute atomic E-state index is 10.3. The first-order chi connectivity index (χ1) is 9.72. The van der Waals surface area contributed by atoms with Gasteiger partial charge in [-0.3, -0.25) is 0 Å². The number of alkyl halides is 1. The topological polar surface area (TPSA) is 29.4 Å². The Balaban J connectivity index is 3.13. The SMILES string of the molecule is C=C(N=O)C(Br)CCCCCCCCCCCCCC. The van der Waals surface area contributed by atoms with Crippen LogP contribution in [-0.2, 0) is 0 Å². The van der Waals surface area contributed by atoms with Crippen LogP contribution in [0.2, 0.25) is 0 Å². The monoisotopic (exact) mass is 345 g/mol. The molecule has 0 fully saturated rings. The lowest BCUT2D eigenvalue weighted by Crippen LogP contribution is -1.98. The summed E-state index contributed by atoms with van der Waals surface area (Å²) in [6.07, 6.45) is 17.3. The van der Waals surface area contributed by atoms with E-state index in [9.17, 15) is 4.91 Å². The van der Waals surface area contributed by atoms with E-state index in [1.165, 1.54) is 70.6 Å². The van der Waals surface area contributed by atoms with Crippen molar-refractivity contribution in [2.24, 2.45) is 5.18 Å². The van der Waals surface area contributed by atoms with Gasteiger partial charge in [-0.15, -0.1) is 4.91 Å². The summed E-state index contributed by atoms with van der Waals surface area (Å²) in [4.78, 5) is 10.4. The Kier molecular flexibility index (Phi) is 15.1. The summed E-state index contributed by atoms with van der Waals surface area (Å²) in [6, 6.07) is 0. The molecule has 1 atom stereocenters. The molecule has 0 saturated carbocycles. The highest BCUT2D eigenvalue weighted by Crippen LogP contribution is 2.19. The Labute approximate surface area is 133 Å². The molecule has 0 amide bonds. The molecule has 3 heteroatoms. The molecule has 0 aliphatic carbocycles. The number of unbranched alkanes of at least 4 members (excludes halogenated alkanes) is 11. The first kappa shape index (κ1) is 19.8. The normalized spacial score (nSPS) is 12.3. The van der Waals surface area contributed by atoms with Gasteiger partial charge in [0, 0.05) is 0 Å². The molecule has 20 heavy (non-hydrogen) atoms. The first-order valence-electron chi connectivity index (χ1n) is 8.38. The molecule has 118 valence electrons. The number of nitroso groups, excluding NO2 is 1. The van der Waals surface area contributed by atoms with Crippen LogP contribution in [0.4, 0.5) is 0 Å². The maximum atomic E-state index is 10.3. The van der Waals surface area contributed by atoms with E-state index in [-0.39, 0.29) is 4.83 Å². The molecule has 0 N–H and O–H groups in total. The van der Waals surface area contributed by atoms with Gasteiger partial charge in [-0.25, -0.2) is 0 Å². The number of hydrogen-bond donors (Lipinski definition) is 0. The molecule has 0 saturated heterocycles. The minimum Gasteiger partial charge on any atom is -0.145 e. The van der Waals surface area contributed by atoms with E-state index in [0.717, 1.165) is 12.8 Å². The van der Waals surface area contributed by atoms with Crippen LogP contribution in [0.25, 0.3) is 0 Å². The third-order valence-corrected chi connectivity index (χ3v) is 4.78. The van der Waals surface area contributed by atoms with E-state index in [1.807, 2.05) is 0 Å². The van der Waals surface area contributed by atoms with Gasteiger partial charge in [0.1, 0.15) is 0 Å².